The van der Waals surface area contributed by atoms with Crippen molar-refractivity contribution < 1.29 is 0 Å². The summed E-state index contributed by atoms with van der Waals surface area (Å²) in [5, 5.41) is 3.52. The second kappa shape index (κ2) is 4.01. The SMILES string of the molecule is Cc1ccc(N)c(C2CCCCN2)c1. The quantitative estimate of drug-likeness (QED) is 0.667. The van der Waals surface area contributed by atoms with Gasteiger partial charge in [-0.2, -0.15) is 0 Å². The van der Waals surface area contributed by atoms with Gasteiger partial charge in [0.15, 0.2) is 0 Å². The highest BCUT2D eigenvalue weighted by atomic mass is 14.9. The minimum atomic E-state index is 0.476. The summed E-state index contributed by atoms with van der Waals surface area (Å²) in [6.07, 6.45) is 3.82. The van der Waals surface area contributed by atoms with E-state index in [2.05, 4.69) is 24.4 Å². The lowest BCUT2D eigenvalue weighted by atomic mass is 9.95. The number of benzene rings is 1. The average molecular weight is 190 g/mol. The smallest absolute Gasteiger partial charge is 0.0362 e. The van der Waals surface area contributed by atoms with Gasteiger partial charge in [0.2, 0.25) is 0 Å². The fourth-order valence-corrected chi connectivity index (χ4v) is 2.11. The number of aryl methyl sites for hydroxylation is 1. The van der Waals surface area contributed by atoms with Gasteiger partial charge in [-0.05, 0) is 37.9 Å². The van der Waals surface area contributed by atoms with Crippen LogP contribution >= 0.6 is 0 Å². The normalized spacial score (nSPS) is 22.2. The molecule has 0 saturated carbocycles. The number of hydrogen-bond donors (Lipinski definition) is 2. The first-order valence-corrected chi connectivity index (χ1v) is 5.37. The predicted molar refractivity (Wildman–Crippen MR) is 60.2 cm³/mol. The summed E-state index contributed by atoms with van der Waals surface area (Å²) in [6, 6.07) is 6.77. The van der Waals surface area contributed by atoms with E-state index < -0.39 is 0 Å². The molecule has 1 aromatic carbocycles. The lowest BCUT2D eigenvalue weighted by Crippen LogP contribution is -2.27. The number of nitrogen functional groups attached to an aromatic ring is 1. The van der Waals surface area contributed by atoms with Crippen LogP contribution in [0, 0.1) is 6.92 Å². The maximum Gasteiger partial charge on any atom is 0.0362 e. The van der Waals surface area contributed by atoms with E-state index >= 15 is 0 Å². The third-order valence-corrected chi connectivity index (χ3v) is 2.93. The van der Waals surface area contributed by atoms with E-state index in [1.807, 2.05) is 6.07 Å². The van der Waals surface area contributed by atoms with Crippen molar-refractivity contribution in [2.75, 3.05) is 12.3 Å². The summed E-state index contributed by atoms with van der Waals surface area (Å²) >= 11 is 0. The van der Waals surface area contributed by atoms with Gasteiger partial charge >= 0.3 is 0 Å². The summed E-state index contributed by atoms with van der Waals surface area (Å²) in [6.45, 7) is 3.24. The van der Waals surface area contributed by atoms with Crippen LogP contribution in [0.15, 0.2) is 18.2 Å². The van der Waals surface area contributed by atoms with Crippen LogP contribution in [0.25, 0.3) is 0 Å². The molecule has 1 heterocycles. The van der Waals surface area contributed by atoms with Gasteiger partial charge < -0.3 is 11.1 Å². The van der Waals surface area contributed by atoms with Crippen LogP contribution in [0.3, 0.4) is 0 Å². The van der Waals surface area contributed by atoms with Crippen molar-refractivity contribution in [1.29, 1.82) is 0 Å². The molecule has 1 atom stereocenters. The molecule has 0 aliphatic carbocycles. The largest absolute Gasteiger partial charge is 0.398 e. The van der Waals surface area contributed by atoms with Crippen LogP contribution in [0.5, 0.6) is 0 Å². The highest BCUT2D eigenvalue weighted by molar-refractivity contribution is 5.50. The summed E-state index contributed by atoms with van der Waals surface area (Å²) in [5.41, 5.74) is 9.48. The fraction of sp³-hybridized carbons (Fsp3) is 0.500. The minimum absolute atomic E-state index is 0.476. The van der Waals surface area contributed by atoms with E-state index in [0.29, 0.717) is 6.04 Å². The average Bonchev–Trinajstić information content (AvgIpc) is 2.23. The molecule has 1 aliphatic rings. The van der Waals surface area contributed by atoms with Crippen LogP contribution in [-0.4, -0.2) is 6.54 Å². The second-order valence-corrected chi connectivity index (χ2v) is 4.13. The molecule has 14 heavy (non-hydrogen) atoms. The summed E-state index contributed by atoms with van der Waals surface area (Å²) in [5.74, 6) is 0. The summed E-state index contributed by atoms with van der Waals surface area (Å²) < 4.78 is 0. The van der Waals surface area contributed by atoms with Gasteiger partial charge in [0.05, 0.1) is 0 Å². The van der Waals surface area contributed by atoms with Gasteiger partial charge in [-0.15, -0.1) is 0 Å². The lowest BCUT2D eigenvalue weighted by Gasteiger charge is -2.25. The topological polar surface area (TPSA) is 38.0 Å². The lowest BCUT2D eigenvalue weighted by molar-refractivity contribution is 0.413. The van der Waals surface area contributed by atoms with Gasteiger partial charge in [0, 0.05) is 11.7 Å². The van der Waals surface area contributed by atoms with E-state index in [1.54, 1.807) is 0 Å². The Hall–Kier alpha value is -1.02. The number of rotatable bonds is 1. The Balaban J connectivity index is 2.24. The van der Waals surface area contributed by atoms with Crippen LogP contribution < -0.4 is 11.1 Å². The van der Waals surface area contributed by atoms with Crippen molar-refractivity contribution in [3.63, 3.8) is 0 Å². The predicted octanol–water partition coefficient (Wildman–Crippen LogP) is 2.39. The van der Waals surface area contributed by atoms with Crippen LogP contribution in [-0.2, 0) is 0 Å². The van der Waals surface area contributed by atoms with Gasteiger partial charge in [0.25, 0.3) is 0 Å². The fourth-order valence-electron chi connectivity index (χ4n) is 2.11. The third kappa shape index (κ3) is 1.90. The van der Waals surface area contributed by atoms with Gasteiger partial charge in [-0.25, -0.2) is 0 Å². The van der Waals surface area contributed by atoms with Crippen molar-refractivity contribution in [3.8, 4) is 0 Å². The molecule has 1 aromatic rings. The van der Waals surface area contributed by atoms with Crippen LogP contribution in [0.1, 0.15) is 36.4 Å². The van der Waals surface area contributed by atoms with E-state index in [9.17, 15) is 0 Å². The standard InChI is InChI=1S/C12H18N2/c1-9-5-6-11(13)10(8-9)12-4-2-3-7-14-12/h5-6,8,12,14H,2-4,7,13H2,1H3. The zero-order valence-corrected chi connectivity index (χ0v) is 8.72. The molecule has 0 bridgehead atoms. The van der Waals surface area contributed by atoms with Crippen molar-refractivity contribution in [2.24, 2.45) is 0 Å². The van der Waals surface area contributed by atoms with E-state index in [1.165, 1.54) is 30.4 Å². The highest BCUT2D eigenvalue weighted by Gasteiger charge is 2.16. The van der Waals surface area contributed by atoms with Crippen molar-refractivity contribution >= 4 is 5.69 Å². The molecule has 0 spiro atoms. The Labute approximate surface area is 85.5 Å². The maximum atomic E-state index is 5.98. The van der Waals surface area contributed by atoms with Gasteiger partial charge in [0.1, 0.15) is 0 Å². The first kappa shape index (κ1) is 9.53. The van der Waals surface area contributed by atoms with E-state index in [4.69, 9.17) is 5.73 Å². The summed E-state index contributed by atoms with van der Waals surface area (Å²) in [7, 11) is 0. The van der Waals surface area contributed by atoms with Crippen LogP contribution in [0.2, 0.25) is 0 Å². The Morgan fingerprint density at radius 3 is 2.93 bits per heavy atom. The third-order valence-electron chi connectivity index (χ3n) is 2.93. The number of nitrogens with two attached hydrogens (primary N) is 1. The molecule has 0 aromatic heterocycles. The van der Waals surface area contributed by atoms with E-state index in [0.717, 1.165) is 12.2 Å². The monoisotopic (exact) mass is 190 g/mol. The second-order valence-electron chi connectivity index (χ2n) is 4.13. The molecular weight excluding hydrogens is 172 g/mol. The van der Waals surface area contributed by atoms with Crippen molar-refractivity contribution in [2.45, 2.75) is 32.2 Å². The Morgan fingerprint density at radius 1 is 1.36 bits per heavy atom. The Kier molecular flexibility index (Phi) is 2.73. The highest BCUT2D eigenvalue weighted by Crippen LogP contribution is 2.27. The molecule has 0 radical (unpaired) electrons. The van der Waals surface area contributed by atoms with Crippen molar-refractivity contribution in [1.82, 2.24) is 5.32 Å². The maximum absolute atomic E-state index is 5.98. The zero-order chi connectivity index (χ0) is 9.97. The molecule has 1 aliphatic heterocycles. The zero-order valence-electron chi connectivity index (χ0n) is 8.72. The molecule has 1 fully saturated rings. The molecular formula is C12H18N2. The number of piperidine rings is 1. The Bertz CT molecular complexity index is 314. The molecule has 0 amide bonds. The Morgan fingerprint density at radius 2 is 2.21 bits per heavy atom. The van der Waals surface area contributed by atoms with Gasteiger partial charge in [-0.3, -0.25) is 0 Å². The molecule has 2 rings (SSSR count). The number of anilines is 1. The molecule has 2 heteroatoms. The molecule has 1 unspecified atom stereocenters. The van der Waals surface area contributed by atoms with E-state index in [-0.39, 0.29) is 0 Å². The first-order chi connectivity index (χ1) is 6.77. The number of nitrogens with one attached hydrogen (secondary N) is 1. The molecule has 1 saturated heterocycles. The molecule has 2 nitrogen and oxygen atoms in total. The summed E-state index contributed by atoms with van der Waals surface area (Å²) in [4.78, 5) is 0. The molecule has 3 N–H and O–H groups in total. The first-order valence-electron chi connectivity index (χ1n) is 5.37. The number of hydrogen-bond acceptors (Lipinski definition) is 2. The van der Waals surface area contributed by atoms with Crippen LogP contribution in [0.4, 0.5) is 5.69 Å². The van der Waals surface area contributed by atoms with Crippen molar-refractivity contribution in [3.05, 3.63) is 29.3 Å². The minimum Gasteiger partial charge on any atom is -0.398 e. The molecule has 76 valence electrons. The van der Waals surface area contributed by atoms with Gasteiger partial charge in [-0.1, -0.05) is 24.1 Å².